The third kappa shape index (κ3) is 10.1. The van der Waals surface area contributed by atoms with Gasteiger partial charge in [0.2, 0.25) is 0 Å². The first-order valence-electron chi connectivity index (χ1n) is 3.78. The molecule has 0 aromatic heterocycles. The van der Waals surface area contributed by atoms with E-state index in [2.05, 4.69) is 4.52 Å². The van der Waals surface area contributed by atoms with Crippen LogP contribution in [0, 0.1) is 0 Å². The molecule has 0 spiro atoms. The van der Waals surface area contributed by atoms with Gasteiger partial charge in [0.1, 0.15) is 0 Å². The van der Waals surface area contributed by atoms with Gasteiger partial charge in [0.25, 0.3) is 0 Å². The zero-order valence-corrected chi connectivity index (χ0v) is 8.92. The Hall–Kier alpha value is 0.170. The molecule has 0 aliphatic carbocycles. The highest BCUT2D eigenvalue weighted by Gasteiger charge is 2.17. The van der Waals surface area contributed by atoms with E-state index in [9.17, 15) is 9.13 Å². The van der Waals surface area contributed by atoms with Gasteiger partial charge in [0.05, 0.1) is 0 Å². The molecule has 6 nitrogen and oxygen atoms in total. The lowest BCUT2D eigenvalue weighted by Gasteiger charge is -1.99. The minimum atomic E-state index is -3.90. The quantitative estimate of drug-likeness (QED) is 0.336. The van der Waals surface area contributed by atoms with Gasteiger partial charge in [-0.15, -0.1) is 4.52 Å². The largest absolute Gasteiger partial charge is 0.509 e. The van der Waals surface area contributed by atoms with Gasteiger partial charge < -0.3 is 15.5 Å². The summed E-state index contributed by atoms with van der Waals surface area (Å²) in [6.07, 6.45) is 0.949. The van der Waals surface area contributed by atoms with Gasteiger partial charge in [-0.25, -0.2) is 0 Å². The molecular weight excluding hydrogens is 216 g/mol. The van der Waals surface area contributed by atoms with Gasteiger partial charge in [-0.05, 0) is 17.4 Å². The van der Waals surface area contributed by atoms with Crippen LogP contribution >= 0.6 is 15.6 Å². The Labute approximate surface area is 77.5 Å². The first-order valence-corrected chi connectivity index (χ1v) is 6.94. The number of rotatable bonds is 7. The molecule has 13 heavy (non-hydrogen) atoms. The number of hydrogen-bond donors (Lipinski definition) is 3. The molecule has 0 saturated carbocycles. The van der Waals surface area contributed by atoms with Crippen LogP contribution in [0.3, 0.4) is 0 Å². The molecule has 0 radical (unpaired) electrons. The van der Waals surface area contributed by atoms with Crippen molar-refractivity contribution < 1.29 is 23.4 Å². The molecule has 0 rings (SSSR count). The number of nitrogens with two attached hydrogens (primary N) is 1. The normalized spacial score (nSPS) is 13.0. The summed E-state index contributed by atoms with van der Waals surface area (Å²) < 4.78 is 25.8. The van der Waals surface area contributed by atoms with E-state index in [1.54, 1.807) is 0 Å². The SMILES string of the molecule is NCO[P+](=O)CCCCP(=O)(O)O. The Kier molecular flexibility index (Phi) is 6.68. The fourth-order valence-electron chi connectivity index (χ4n) is 0.706. The van der Waals surface area contributed by atoms with Crippen LogP contribution in [0.25, 0.3) is 0 Å². The predicted molar refractivity (Wildman–Crippen MR) is 48.8 cm³/mol. The Morgan fingerprint density at radius 1 is 1.38 bits per heavy atom. The van der Waals surface area contributed by atoms with E-state index in [-0.39, 0.29) is 12.9 Å². The molecule has 0 amide bonds. The van der Waals surface area contributed by atoms with E-state index in [1.165, 1.54) is 0 Å². The van der Waals surface area contributed by atoms with E-state index in [4.69, 9.17) is 15.5 Å². The molecule has 1 unspecified atom stereocenters. The van der Waals surface area contributed by atoms with Crippen molar-refractivity contribution in [2.45, 2.75) is 12.8 Å². The number of hydrogen-bond acceptors (Lipinski definition) is 4. The van der Waals surface area contributed by atoms with Crippen LogP contribution < -0.4 is 5.73 Å². The van der Waals surface area contributed by atoms with Crippen molar-refractivity contribution in [1.29, 1.82) is 0 Å². The maximum atomic E-state index is 10.8. The van der Waals surface area contributed by atoms with Crippen molar-refractivity contribution in [3.8, 4) is 0 Å². The summed E-state index contributed by atoms with van der Waals surface area (Å²) in [6.45, 7) is -0.0896. The molecule has 0 heterocycles. The summed E-state index contributed by atoms with van der Waals surface area (Å²) in [7, 11) is -5.66. The second kappa shape index (κ2) is 6.60. The zero-order valence-electron chi connectivity index (χ0n) is 7.13. The van der Waals surface area contributed by atoms with Gasteiger partial charge in [0, 0.05) is 6.16 Å². The molecule has 0 bridgehead atoms. The Morgan fingerprint density at radius 2 is 2.00 bits per heavy atom. The van der Waals surface area contributed by atoms with Crippen molar-refractivity contribution in [2.24, 2.45) is 5.73 Å². The lowest BCUT2D eigenvalue weighted by atomic mass is 10.4. The van der Waals surface area contributed by atoms with Gasteiger partial charge >= 0.3 is 15.6 Å². The Morgan fingerprint density at radius 3 is 2.46 bits per heavy atom. The molecule has 0 aromatic rings. The standard InChI is InChI=1S/C5H13NO5P2/c6-5-11-12(7)3-1-2-4-13(8,9)10/h1-6H2,(H-,8,9,10)/p+1. The first-order chi connectivity index (χ1) is 5.95. The van der Waals surface area contributed by atoms with Crippen LogP contribution in [0.5, 0.6) is 0 Å². The average molecular weight is 230 g/mol. The van der Waals surface area contributed by atoms with Crippen molar-refractivity contribution in [1.82, 2.24) is 0 Å². The molecule has 0 fully saturated rings. The van der Waals surface area contributed by atoms with Crippen molar-refractivity contribution in [2.75, 3.05) is 19.1 Å². The van der Waals surface area contributed by atoms with Crippen LogP contribution in [-0.4, -0.2) is 28.8 Å². The van der Waals surface area contributed by atoms with Crippen molar-refractivity contribution in [3.05, 3.63) is 0 Å². The second-order valence-electron chi connectivity index (χ2n) is 2.45. The highest BCUT2D eigenvalue weighted by molar-refractivity contribution is 7.51. The zero-order chi connectivity index (χ0) is 10.3. The maximum Gasteiger partial charge on any atom is 0.509 e. The van der Waals surface area contributed by atoms with Crippen LogP contribution in [0.2, 0.25) is 0 Å². The predicted octanol–water partition coefficient (Wildman–Crippen LogP) is 0.619. The van der Waals surface area contributed by atoms with Gasteiger partial charge in [-0.3, -0.25) is 4.57 Å². The summed E-state index contributed by atoms with van der Waals surface area (Å²) in [5, 5.41) is 0. The lowest BCUT2D eigenvalue weighted by molar-refractivity contribution is 0.339. The van der Waals surface area contributed by atoms with Crippen molar-refractivity contribution in [3.63, 3.8) is 0 Å². The highest BCUT2D eigenvalue weighted by Crippen LogP contribution is 2.36. The first kappa shape index (κ1) is 13.2. The minimum absolute atomic E-state index is 0.0896. The summed E-state index contributed by atoms with van der Waals surface area (Å²) in [4.78, 5) is 16.9. The summed E-state index contributed by atoms with van der Waals surface area (Å²) >= 11 is 0. The van der Waals surface area contributed by atoms with E-state index < -0.39 is 15.6 Å². The Balaban J connectivity index is 3.36. The van der Waals surface area contributed by atoms with Crippen LogP contribution in [-0.2, 0) is 13.7 Å². The summed E-state index contributed by atoms with van der Waals surface area (Å²) in [5.41, 5.74) is 4.97. The van der Waals surface area contributed by atoms with E-state index in [0.717, 1.165) is 0 Å². The fourth-order valence-corrected chi connectivity index (χ4v) is 2.12. The van der Waals surface area contributed by atoms with Crippen LogP contribution in [0.1, 0.15) is 12.8 Å². The maximum absolute atomic E-state index is 10.8. The highest BCUT2D eigenvalue weighted by atomic mass is 31.2. The van der Waals surface area contributed by atoms with Crippen LogP contribution in [0.4, 0.5) is 0 Å². The minimum Gasteiger partial charge on any atom is -0.324 e. The molecule has 0 aliphatic rings. The Bertz CT molecular complexity index is 203. The van der Waals surface area contributed by atoms with Gasteiger partial charge in [-0.1, -0.05) is 0 Å². The lowest BCUT2D eigenvalue weighted by Crippen LogP contribution is -1.99. The topological polar surface area (TPSA) is 110 Å². The third-order valence-electron chi connectivity index (χ3n) is 1.26. The second-order valence-corrected chi connectivity index (χ2v) is 5.59. The molecule has 8 heteroatoms. The monoisotopic (exact) mass is 230 g/mol. The van der Waals surface area contributed by atoms with Crippen molar-refractivity contribution >= 4 is 15.6 Å². The molecular formula is C5H14NO5P2+. The fraction of sp³-hybridized carbons (Fsp3) is 1.00. The number of unbranched alkanes of at least 4 members (excludes halogenated alkanes) is 1. The summed E-state index contributed by atoms with van der Waals surface area (Å²) in [5.74, 6) is 0. The van der Waals surface area contributed by atoms with Gasteiger partial charge in [0.15, 0.2) is 12.9 Å². The molecule has 0 aromatic carbocycles. The molecule has 4 N–H and O–H groups in total. The molecule has 0 aliphatic heterocycles. The summed E-state index contributed by atoms with van der Waals surface area (Å²) in [6, 6.07) is 0. The van der Waals surface area contributed by atoms with E-state index >= 15 is 0 Å². The smallest absolute Gasteiger partial charge is 0.324 e. The molecule has 78 valence electrons. The van der Waals surface area contributed by atoms with Crippen LogP contribution in [0.15, 0.2) is 0 Å². The average Bonchev–Trinajstić information content (AvgIpc) is 1.97. The third-order valence-corrected chi connectivity index (χ3v) is 3.28. The molecule has 1 atom stereocenters. The van der Waals surface area contributed by atoms with E-state index in [0.29, 0.717) is 19.0 Å². The molecule has 0 saturated heterocycles. The van der Waals surface area contributed by atoms with Gasteiger partial charge in [-0.2, -0.15) is 0 Å². The van der Waals surface area contributed by atoms with E-state index in [1.807, 2.05) is 0 Å².